The van der Waals surface area contributed by atoms with E-state index in [-0.39, 0.29) is 6.01 Å². The van der Waals surface area contributed by atoms with Gasteiger partial charge in [-0.05, 0) is 76.8 Å². The van der Waals surface area contributed by atoms with E-state index >= 15 is 0 Å². The molecule has 0 unspecified atom stereocenters. The fraction of sp³-hybridized carbons (Fsp3) is 0.292. The number of hydrogen-bond acceptors (Lipinski definition) is 6. The van der Waals surface area contributed by atoms with Gasteiger partial charge >= 0.3 is 6.01 Å². The van der Waals surface area contributed by atoms with Crippen LogP contribution in [0.25, 0.3) is 11.0 Å². The zero-order valence-electron chi connectivity index (χ0n) is 17.7. The molecule has 164 valence electrons. The van der Waals surface area contributed by atoms with Crippen LogP contribution in [0.3, 0.4) is 0 Å². The van der Waals surface area contributed by atoms with Gasteiger partial charge in [-0.3, -0.25) is 9.88 Å². The van der Waals surface area contributed by atoms with Crippen molar-refractivity contribution < 1.29 is 4.74 Å². The topological polar surface area (TPSA) is 82.1 Å². The summed E-state index contributed by atoms with van der Waals surface area (Å²) in [5, 5.41) is 0.807. The summed E-state index contributed by atoms with van der Waals surface area (Å²) in [6, 6.07) is 14.8. The Morgan fingerprint density at radius 2 is 1.69 bits per heavy atom. The molecule has 0 bridgehead atoms. The summed E-state index contributed by atoms with van der Waals surface area (Å²) in [7, 11) is 0. The predicted molar refractivity (Wildman–Crippen MR) is 128 cm³/mol. The Bertz CT molecular complexity index is 1220. The molecule has 4 aromatic rings. The predicted octanol–water partition coefficient (Wildman–Crippen LogP) is 4.39. The number of aromatic nitrogens is 4. The molecule has 0 saturated carbocycles. The van der Waals surface area contributed by atoms with E-state index in [1.165, 1.54) is 37.1 Å². The first-order valence-electron chi connectivity index (χ1n) is 10.8. The van der Waals surface area contributed by atoms with E-state index in [0.717, 1.165) is 27.7 Å². The third-order valence-corrected chi connectivity index (χ3v) is 6.42. The highest BCUT2D eigenvalue weighted by Gasteiger charge is 2.16. The van der Waals surface area contributed by atoms with Crippen LogP contribution in [0, 0.1) is 0 Å². The Labute approximate surface area is 195 Å². The standard InChI is InChI=1S/C24H25BrN6O/c25-21-13-20-22(26)28-24(32-16-17-6-8-27-9-7-17)29-23(20)31(21)15-19-5-3-4-18(12-19)14-30-10-1-2-11-30/h3-9,12-13H,1-2,10-11,14-16H2,(H2,26,28,29). The Balaban J connectivity index is 1.39. The lowest BCUT2D eigenvalue weighted by molar-refractivity contribution is 0.282. The minimum atomic E-state index is 0.265. The van der Waals surface area contributed by atoms with Crippen molar-refractivity contribution in [3.05, 3.63) is 76.2 Å². The van der Waals surface area contributed by atoms with Gasteiger partial charge in [0.05, 0.1) is 16.5 Å². The first kappa shape index (κ1) is 20.9. The maximum atomic E-state index is 6.24. The number of nitrogens with two attached hydrogens (primary N) is 1. The van der Waals surface area contributed by atoms with Crippen molar-refractivity contribution in [3.8, 4) is 6.01 Å². The zero-order chi connectivity index (χ0) is 21.9. The molecule has 0 amide bonds. The number of halogens is 1. The van der Waals surface area contributed by atoms with Crippen molar-refractivity contribution in [1.29, 1.82) is 0 Å². The summed E-state index contributed by atoms with van der Waals surface area (Å²) in [6.45, 7) is 4.42. The van der Waals surface area contributed by atoms with Gasteiger partial charge in [0.2, 0.25) is 0 Å². The molecule has 7 nitrogen and oxygen atoms in total. The third-order valence-electron chi connectivity index (χ3n) is 5.77. The quantitative estimate of drug-likeness (QED) is 0.411. The van der Waals surface area contributed by atoms with Gasteiger partial charge < -0.3 is 15.0 Å². The second-order valence-electron chi connectivity index (χ2n) is 8.13. The van der Waals surface area contributed by atoms with Crippen LogP contribution in [0.15, 0.2) is 59.5 Å². The summed E-state index contributed by atoms with van der Waals surface area (Å²) >= 11 is 3.67. The molecular formula is C24H25BrN6O. The Hall–Kier alpha value is -2.97. The lowest BCUT2D eigenvalue weighted by Crippen LogP contribution is -2.18. The molecule has 0 aliphatic carbocycles. The number of benzene rings is 1. The van der Waals surface area contributed by atoms with Crippen LogP contribution in [0.5, 0.6) is 6.01 Å². The highest BCUT2D eigenvalue weighted by atomic mass is 79.9. The Kier molecular flexibility index (Phi) is 6.05. The van der Waals surface area contributed by atoms with Crippen molar-refractivity contribution in [2.75, 3.05) is 18.8 Å². The van der Waals surface area contributed by atoms with Crippen LogP contribution in [0.2, 0.25) is 0 Å². The second kappa shape index (κ2) is 9.26. The molecule has 8 heteroatoms. The zero-order valence-corrected chi connectivity index (χ0v) is 19.3. The Morgan fingerprint density at radius 3 is 2.47 bits per heavy atom. The molecular weight excluding hydrogens is 468 g/mol. The molecule has 1 aliphatic heterocycles. The smallest absolute Gasteiger partial charge is 0.320 e. The summed E-state index contributed by atoms with van der Waals surface area (Å²) in [6.07, 6.45) is 6.07. The lowest BCUT2D eigenvalue weighted by Gasteiger charge is -2.15. The number of fused-ring (bicyclic) bond motifs is 1. The van der Waals surface area contributed by atoms with Crippen LogP contribution in [0.1, 0.15) is 29.5 Å². The van der Waals surface area contributed by atoms with Crippen molar-refractivity contribution in [2.45, 2.75) is 32.5 Å². The highest BCUT2D eigenvalue weighted by Crippen LogP contribution is 2.29. The molecule has 4 heterocycles. The first-order valence-corrected chi connectivity index (χ1v) is 11.6. The van der Waals surface area contributed by atoms with Gasteiger partial charge in [-0.25, -0.2) is 0 Å². The van der Waals surface area contributed by atoms with Crippen molar-refractivity contribution in [2.24, 2.45) is 0 Å². The number of nitrogen functional groups attached to an aromatic ring is 1. The van der Waals surface area contributed by atoms with E-state index in [9.17, 15) is 0 Å². The van der Waals surface area contributed by atoms with Crippen LogP contribution in [0.4, 0.5) is 5.82 Å². The minimum Gasteiger partial charge on any atom is -0.458 e. The van der Waals surface area contributed by atoms with Gasteiger partial charge in [0, 0.05) is 18.9 Å². The molecule has 1 fully saturated rings. The maximum Gasteiger partial charge on any atom is 0.320 e. The fourth-order valence-corrected chi connectivity index (χ4v) is 4.67. The van der Waals surface area contributed by atoms with E-state index in [4.69, 9.17) is 10.5 Å². The van der Waals surface area contributed by atoms with Gasteiger partial charge in [0.25, 0.3) is 0 Å². The highest BCUT2D eigenvalue weighted by molar-refractivity contribution is 9.10. The van der Waals surface area contributed by atoms with E-state index in [0.29, 0.717) is 19.0 Å². The fourth-order valence-electron chi connectivity index (χ4n) is 4.15. The van der Waals surface area contributed by atoms with Gasteiger partial charge in [0.15, 0.2) is 5.65 Å². The normalized spacial score (nSPS) is 14.3. The van der Waals surface area contributed by atoms with Crippen LogP contribution in [-0.4, -0.2) is 37.5 Å². The maximum absolute atomic E-state index is 6.24. The molecule has 1 aromatic carbocycles. The molecule has 1 aliphatic rings. The summed E-state index contributed by atoms with van der Waals surface area (Å²) in [5.41, 5.74) is 10.5. The third kappa shape index (κ3) is 4.61. The molecule has 3 aromatic heterocycles. The molecule has 0 radical (unpaired) electrons. The van der Waals surface area contributed by atoms with E-state index in [2.05, 4.69) is 64.6 Å². The number of hydrogen-bond donors (Lipinski definition) is 1. The Morgan fingerprint density at radius 1 is 0.938 bits per heavy atom. The van der Waals surface area contributed by atoms with Crippen molar-refractivity contribution in [1.82, 2.24) is 24.4 Å². The number of nitrogens with zero attached hydrogens (tertiary/aromatic N) is 5. The molecule has 1 saturated heterocycles. The molecule has 5 rings (SSSR count). The summed E-state index contributed by atoms with van der Waals surface area (Å²) in [4.78, 5) is 15.5. The first-order chi connectivity index (χ1) is 15.7. The van der Waals surface area contributed by atoms with Crippen LogP contribution < -0.4 is 10.5 Å². The van der Waals surface area contributed by atoms with Crippen molar-refractivity contribution in [3.63, 3.8) is 0 Å². The average molecular weight is 493 g/mol. The van der Waals surface area contributed by atoms with Crippen molar-refractivity contribution >= 4 is 32.8 Å². The number of rotatable bonds is 7. The number of likely N-dealkylation sites (tertiary alicyclic amines) is 1. The molecule has 0 atom stereocenters. The van der Waals surface area contributed by atoms with Gasteiger partial charge in [-0.15, -0.1) is 0 Å². The van der Waals surface area contributed by atoms with Gasteiger partial charge in [-0.2, -0.15) is 9.97 Å². The number of ether oxygens (including phenoxy) is 1. The molecule has 2 N–H and O–H groups in total. The van der Waals surface area contributed by atoms with Gasteiger partial charge in [0.1, 0.15) is 12.4 Å². The minimum absolute atomic E-state index is 0.265. The van der Waals surface area contributed by atoms with E-state index in [1.54, 1.807) is 12.4 Å². The second-order valence-corrected chi connectivity index (χ2v) is 8.94. The van der Waals surface area contributed by atoms with Gasteiger partial charge in [-0.1, -0.05) is 24.3 Å². The monoisotopic (exact) mass is 492 g/mol. The largest absolute Gasteiger partial charge is 0.458 e. The number of pyridine rings is 1. The molecule has 32 heavy (non-hydrogen) atoms. The molecule has 0 spiro atoms. The lowest BCUT2D eigenvalue weighted by atomic mass is 10.1. The van der Waals surface area contributed by atoms with Crippen LogP contribution >= 0.6 is 15.9 Å². The summed E-state index contributed by atoms with van der Waals surface area (Å²) < 4.78 is 8.83. The van der Waals surface area contributed by atoms with Crippen LogP contribution in [-0.2, 0) is 19.7 Å². The van der Waals surface area contributed by atoms with E-state index in [1.807, 2.05) is 18.2 Å². The van der Waals surface area contributed by atoms with E-state index < -0.39 is 0 Å². The SMILES string of the molecule is Nc1nc(OCc2ccncc2)nc2c1cc(Br)n2Cc1cccc(CN2CCCC2)c1. The summed E-state index contributed by atoms with van der Waals surface area (Å²) in [5.74, 6) is 0.405. The number of anilines is 1. The average Bonchev–Trinajstić information content (AvgIpc) is 3.42.